The van der Waals surface area contributed by atoms with Crippen molar-refractivity contribution in [3.63, 3.8) is 0 Å². The van der Waals surface area contributed by atoms with Crippen LogP contribution in [0, 0.1) is 5.82 Å². The Bertz CT molecular complexity index is 560. The summed E-state index contributed by atoms with van der Waals surface area (Å²) in [6, 6.07) is 3.00. The van der Waals surface area contributed by atoms with Gasteiger partial charge < -0.3 is 14.2 Å². The molecule has 3 nitrogen and oxygen atoms in total. The normalized spacial score (nSPS) is 11.4. The third-order valence-electron chi connectivity index (χ3n) is 3.14. The van der Waals surface area contributed by atoms with E-state index in [-0.39, 0.29) is 5.82 Å². The molecule has 4 heteroatoms. The van der Waals surface area contributed by atoms with Crippen LogP contribution in [0.4, 0.5) is 4.39 Å². The first-order valence-corrected chi connectivity index (χ1v) is 5.99. The second-order valence-electron chi connectivity index (χ2n) is 4.82. The van der Waals surface area contributed by atoms with Gasteiger partial charge in [0.2, 0.25) is 0 Å². The number of benzene rings is 1. The van der Waals surface area contributed by atoms with Gasteiger partial charge in [0.1, 0.15) is 11.6 Å². The fraction of sp³-hybridized carbons (Fsp3) is 0.429. The van der Waals surface area contributed by atoms with Crippen LogP contribution in [0.5, 0.6) is 5.75 Å². The van der Waals surface area contributed by atoms with Gasteiger partial charge in [0, 0.05) is 31.2 Å². The van der Waals surface area contributed by atoms with Crippen molar-refractivity contribution >= 4 is 10.9 Å². The van der Waals surface area contributed by atoms with Crippen LogP contribution in [-0.4, -0.2) is 37.2 Å². The fourth-order valence-corrected chi connectivity index (χ4v) is 2.23. The molecule has 0 N–H and O–H groups in total. The molecule has 98 valence electrons. The molecule has 1 heterocycles. The van der Waals surface area contributed by atoms with Gasteiger partial charge in [-0.2, -0.15) is 0 Å². The monoisotopic (exact) mass is 250 g/mol. The molecule has 0 fully saturated rings. The Morgan fingerprint density at radius 2 is 2.06 bits per heavy atom. The van der Waals surface area contributed by atoms with Crippen molar-refractivity contribution < 1.29 is 9.13 Å². The minimum Gasteiger partial charge on any atom is -0.496 e. The van der Waals surface area contributed by atoms with Crippen LogP contribution in [0.3, 0.4) is 0 Å². The topological polar surface area (TPSA) is 17.4 Å². The maximum absolute atomic E-state index is 13.5. The zero-order valence-corrected chi connectivity index (χ0v) is 11.3. The van der Waals surface area contributed by atoms with Crippen molar-refractivity contribution in [1.29, 1.82) is 0 Å². The van der Waals surface area contributed by atoms with Gasteiger partial charge in [-0.15, -0.1) is 0 Å². The van der Waals surface area contributed by atoms with Gasteiger partial charge in [0.05, 0.1) is 12.6 Å². The van der Waals surface area contributed by atoms with Crippen LogP contribution in [0.1, 0.15) is 5.56 Å². The number of aromatic nitrogens is 1. The highest BCUT2D eigenvalue weighted by molar-refractivity contribution is 5.90. The summed E-state index contributed by atoms with van der Waals surface area (Å²) in [5.41, 5.74) is 2.07. The lowest BCUT2D eigenvalue weighted by Crippen LogP contribution is -2.14. The molecule has 0 aliphatic carbocycles. The van der Waals surface area contributed by atoms with E-state index < -0.39 is 0 Å². The summed E-state index contributed by atoms with van der Waals surface area (Å²) in [5.74, 6) is 0.346. The fourth-order valence-electron chi connectivity index (χ4n) is 2.23. The molecule has 0 radical (unpaired) electrons. The Morgan fingerprint density at radius 3 is 2.67 bits per heavy atom. The number of rotatable bonds is 4. The minimum atomic E-state index is -0.264. The van der Waals surface area contributed by atoms with Crippen LogP contribution in [0.2, 0.25) is 0 Å². The average molecular weight is 250 g/mol. The predicted molar refractivity (Wildman–Crippen MR) is 71.7 cm³/mol. The van der Waals surface area contributed by atoms with Crippen LogP contribution in [0.25, 0.3) is 10.9 Å². The SMILES string of the molecule is COc1cc(F)cc2c1c(CCN(C)C)cn2C. The van der Waals surface area contributed by atoms with E-state index in [2.05, 4.69) is 11.1 Å². The van der Waals surface area contributed by atoms with E-state index in [1.807, 2.05) is 25.7 Å². The first kappa shape index (κ1) is 12.9. The molecule has 2 rings (SSSR count). The lowest BCUT2D eigenvalue weighted by molar-refractivity contribution is 0.410. The average Bonchev–Trinajstić information content (AvgIpc) is 2.63. The standard InChI is InChI=1S/C14H19FN2O/c1-16(2)6-5-10-9-17(3)12-7-11(15)8-13(18-4)14(10)12/h7-9H,5-6H2,1-4H3. The number of fused-ring (bicyclic) bond motifs is 1. The molecule has 18 heavy (non-hydrogen) atoms. The molecule has 0 spiro atoms. The molecule has 0 amide bonds. The lowest BCUT2D eigenvalue weighted by Gasteiger charge is -2.09. The van der Waals surface area contributed by atoms with Crippen molar-refractivity contribution in [2.45, 2.75) is 6.42 Å². The molecule has 0 saturated carbocycles. The summed E-state index contributed by atoms with van der Waals surface area (Å²) in [4.78, 5) is 2.13. The van der Waals surface area contributed by atoms with Crippen LogP contribution >= 0.6 is 0 Å². The minimum absolute atomic E-state index is 0.264. The Balaban J connectivity index is 2.54. The smallest absolute Gasteiger partial charge is 0.131 e. The van der Waals surface area contributed by atoms with Crippen LogP contribution < -0.4 is 4.74 Å². The lowest BCUT2D eigenvalue weighted by atomic mass is 10.1. The number of aryl methyl sites for hydroxylation is 1. The summed E-state index contributed by atoms with van der Waals surface area (Å²) in [7, 11) is 7.60. The number of likely N-dealkylation sites (N-methyl/N-ethyl adjacent to an activating group) is 1. The Labute approximate surface area is 107 Å². The maximum atomic E-state index is 13.5. The molecule has 2 aromatic rings. The van der Waals surface area contributed by atoms with Crippen molar-refractivity contribution in [3.05, 3.63) is 29.7 Å². The van der Waals surface area contributed by atoms with Gasteiger partial charge >= 0.3 is 0 Å². The summed E-state index contributed by atoms with van der Waals surface area (Å²) in [6.45, 7) is 0.958. The molecule has 1 aromatic carbocycles. The summed E-state index contributed by atoms with van der Waals surface area (Å²) in [5, 5.41) is 1.02. The Hall–Kier alpha value is -1.55. The first-order valence-electron chi connectivity index (χ1n) is 5.99. The molecule has 1 aromatic heterocycles. The number of hydrogen-bond donors (Lipinski definition) is 0. The highest BCUT2D eigenvalue weighted by atomic mass is 19.1. The van der Waals surface area contributed by atoms with Gasteiger partial charge in [0.15, 0.2) is 0 Å². The largest absolute Gasteiger partial charge is 0.496 e. The van der Waals surface area contributed by atoms with Gasteiger partial charge in [-0.1, -0.05) is 0 Å². The molecule has 0 saturated heterocycles. The van der Waals surface area contributed by atoms with E-state index in [0.29, 0.717) is 5.75 Å². The Kier molecular flexibility index (Phi) is 3.57. The molecule has 0 atom stereocenters. The van der Waals surface area contributed by atoms with Crippen molar-refractivity contribution in [2.24, 2.45) is 7.05 Å². The Morgan fingerprint density at radius 1 is 1.33 bits per heavy atom. The number of halogens is 1. The summed E-state index contributed by atoms with van der Waals surface area (Å²) < 4.78 is 20.7. The quantitative estimate of drug-likeness (QED) is 0.829. The van der Waals surface area contributed by atoms with Crippen LogP contribution in [0.15, 0.2) is 18.3 Å². The third-order valence-corrected chi connectivity index (χ3v) is 3.14. The van der Waals surface area contributed by atoms with Gasteiger partial charge in [-0.25, -0.2) is 4.39 Å². The first-order chi connectivity index (χ1) is 8.52. The van der Waals surface area contributed by atoms with Crippen molar-refractivity contribution in [1.82, 2.24) is 9.47 Å². The zero-order chi connectivity index (χ0) is 13.3. The maximum Gasteiger partial charge on any atom is 0.131 e. The predicted octanol–water partition coefficient (Wildman–Crippen LogP) is 2.43. The number of methoxy groups -OCH3 is 1. The van der Waals surface area contributed by atoms with Gasteiger partial charge in [-0.05, 0) is 32.1 Å². The van der Waals surface area contributed by atoms with Crippen molar-refractivity contribution in [3.8, 4) is 5.75 Å². The molecule has 0 aliphatic heterocycles. The number of nitrogens with zero attached hydrogens (tertiary/aromatic N) is 2. The van der Waals surface area contributed by atoms with E-state index in [0.717, 1.165) is 23.9 Å². The number of hydrogen-bond acceptors (Lipinski definition) is 2. The highest BCUT2D eigenvalue weighted by Gasteiger charge is 2.13. The summed E-state index contributed by atoms with van der Waals surface area (Å²) in [6.07, 6.45) is 2.97. The molecular formula is C14H19FN2O. The summed E-state index contributed by atoms with van der Waals surface area (Å²) >= 11 is 0. The molecule has 0 unspecified atom stereocenters. The second kappa shape index (κ2) is 4.98. The van der Waals surface area contributed by atoms with E-state index in [9.17, 15) is 4.39 Å². The third kappa shape index (κ3) is 2.34. The van der Waals surface area contributed by atoms with Gasteiger partial charge in [0.25, 0.3) is 0 Å². The van der Waals surface area contributed by atoms with E-state index in [4.69, 9.17) is 4.74 Å². The number of ether oxygens (including phenoxy) is 1. The zero-order valence-electron chi connectivity index (χ0n) is 11.3. The molecular weight excluding hydrogens is 231 g/mol. The van der Waals surface area contributed by atoms with Crippen LogP contribution in [-0.2, 0) is 13.5 Å². The van der Waals surface area contributed by atoms with E-state index in [1.54, 1.807) is 13.2 Å². The van der Waals surface area contributed by atoms with E-state index >= 15 is 0 Å². The highest BCUT2D eigenvalue weighted by Crippen LogP contribution is 2.31. The van der Waals surface area contributed by atoms with Gasteiger partial charge in [-0.3, -0.25) is 0 Å². The van der Waals surface area contributed by atoms with E-state index in [1.165, 1.54) is 11.6 Å². The molecule has 0 bridgehead atoms. The molecule has 0 aliphatic rings. The van der Waals surface area contributed by atoms with Crippen molar-refractivity contribution in [2.75, 3.05) is 27.7 Å². The second-order valence-corrected chi connectivity index (χ2v) is 4.82.